The summed E-state index contributed by atoms with van der Waals surface area (Å²) in [6.07, 6.45) is 9.30. The summed E-state index contributed by atoms with van der Waals surface area (Å²) in [5.74, 6) is 0.966. The highest BCUT2D eigenvalue weighted by atomic mass is 15.2. The minimum Gasteiger partial charge on any atom is -0.399 e. The normalized spacial score (nSPS) is 22.3. The Morgan fingerprint density at radius 2 is 1.67 bits per heavy atom. The predicted octanol–water partition coefficient (Wildman–Crippen LogP) is 5.38. The molecule has 2 aliphatic rings. The molecule has 4 N–H and O–H groups in total. The van der Waals surface area contributed by atoms with Crippen LogP contribution in [0.3, 0.4) is 0 Å². The second-order valence-corrected chi connectivity index (χ2v) is 10.6. The molecule has 1 saturated heterocycles. The van der Waals surface area contributed by atoms with Crippen LogP contribution in [0.1, 0.15) is 38.5 Å². The molecule has 5 rings (SSSR count). The maximum atomic E-state index is 5.90. The van der Waals surface area contributed by atoms with Gasteiger partial charge in [0, 0.05) is 68.6 Å². The van der Waals surface area contributed by atoms with Crippen LogP contribution in [-0.2, 0) is 0 Å². The third kappa shape index (κ3) is 5.93. The molecule has 2 fully saturated rings. The number of hydrogen-bond donors (Lipinski definition) is 3. The van der Waals surface area contributed by atoms with Crippen molar-refractivity contribution in [1.29, 1.82) is 0 Å². The average Bonchev–Trinajstić information content (AvgIpc) is 2.91. The van der Waals surface area contributed by atoms with E-state index in [1.165, 1.54) is 61.0 Å². The number of nitrogens with two attached hydrogens (primary N) is 1. The Morgan fingerprint density at radius 1 is 0.889 bits per heavy atom. The Hall–Kier alpha value is -3.25. The SMILES string of the molecule is CN(C)c1cccc(-c2ccnc(N[C@@H]3CCCC[C@H]3N[C@H]3CCCN(c4ccc(N)cc4)C3)c2)c1. The van der Waals surface area contributed by atoms with Gasteiger partial charge >= 0.3 is 0 Å². The average molecular weight is 485 g/mol. The topological polar surface area (TPSA) is 69.5 Å². The molecule has 0 amide bonds. The highest BCUT2D eigenvalue weighted by Crippen LogP contribution is 2.28. The predicted molar refractivity (Wildman–Crippen MR) is 153 cm³/mol. The van der Waals surface area contributed by atoms with Gasteiger partial charge in [-0.1, -0.05) is 25.0 Å². The summed E-state index contributed by atoms with van der Waals surface area (Å²) in [6, 6.07) is 22.6. The van der Waals surface area contributed by atoms with Gasteiger partial charge in [-0.15, -0.1) is 0 Å². The van der Waals surface area contributed by atoms with Crippen LogP contribution >= 0.6 is 0 Å². The number of nitrogen functional groups attached to an aromatic ring is 1. The lowest BCUT2D eigenvalue weighted by atomic mass is 9.89. The lowest BCUT2D eigenvalue weighted by Crippen LogP contribution is -2.54. The molecule has 2 heterocycles. The van der Waals surface area contributed by atoms with Gasteiger partial charge in [0.05, 0.1) is 0 Å². The Balaban J connectivity index is 1.25. The zero-order valence-corrected chi connectivity index (χ0v) is 21.7. The number of hydrogen-bond acceptors (Lipinski definition) is 6. The van der Waals surface area contributed by atoms with Crippen LogP contribution < -0.4 is 26.2 Å². The molecule has 0 bridgehead atoms. The van der Waals surface area contributed by atoms with Gasteiger partial charge in [-0.25, -0.2) is 4.98 Å². The first-order chi connectivity index (χ1) is 17.5. The highest BCUT2D eigenvalue weighted by Gasteiger charge is 2.29. The molecule has 1 aliphatic heterocycles. The minimum absolute atomic E-state index is 0.390. The van der Waals surface area contributed by atoms with Crippen molar-refractivity contribution in [3.8, 4) is 11.1 Å². The Bertz CT molecular complexity index is 1130. The quantitative estimate of drug-likeness (QED) is 0.391. The molecule has 3 aromatic rings. The van der Waals surface area contributed by atoms with Crippen LogP contribution in [0.5, 0.6) is 0 Å². The smallest absolute Gasteiger partial charge is 0.126 e. The number of anilines is 4. The first-order valence-corrected chi connectivity index (χ1v) is 13.4. The highest BCUT2D eigenvalue weighted by molar-refractivity contribution is 5.70. The summed E-state index contributed by atoms with van der Waals surface area (Å²) in [5.41, 5.74) is 11.6. The van der Waals surface area contributed by atoms with E-state index in [0.717, 1.165) is 24.6 Å². The minimum atomic E-state index is 0.390. The van der Waals surface area contributed by atoms with Gasteiger partial charge in [-0.05, 0) is 85.3 Å². The number of pyridine rings is 1. The largest absolute Gasteiger partial charge is 0.399 e. The third-order valence-corrected chi connectivity index (χ3v) is 7.68. The molecule has 2 aromatic carbocycles. The van der Waals surface area contributed by atoms with Crippen LogP contribution in [0.25, 0.3) is 11.1 Å². The van der Waals surface area contributed by atoms with Crippen molar-refractivity contribution in [2.75, 3.05) is 48.0 Å². The first kappa shape index (κ1) is 24.4. The van der Waals surface area contributed by atoms with E-state index in [0.29, 0.717) is 18.1 Å². The van der Waals surface area contributed by atoms with Gasteiger partial charge in [-0.3, -0.25) is 0 Å². The monoisotopic (exact) mass is 484 g/mol. The molecular formula is C30H40N6. The summed E-state index contributed by atoms with van der Waals surface area (Å²) in [6.45, 7) is 2.16. The first-order valence-electron chi connectivity index (χ1n) is 13.4. The van der Waals surface area contributed by atoms with Gasteiger partial charge in [0.2, 0.25) is 0 Å². The van der Waals surface area contributed by atoms with E-state index in [-0.39, 0.29) is 0 Å². The zero-order valence-electron chi connectivity index (χ0n) is 21.7. The maximum Gasteiger partial charge on any atom is 0.126 e. The summed E-state index contributed by atoms with van der Waals surface area (Å²) < 4.78 is 0. The van der Waals surface area contributed by atoms with Gasteiger partial charge in [0.1, 0.15) is 5.82 Å². The number of nitrogens with one attached hydrogen (secondary N) is 2. The molecule has 1 aliphatic carbocycles. The fourth-order valence-corrected chi connectivity index (χ4v) is 5.68. The maximum absolute atomic E-state index is 5.90. The fourth-order valence-electron chi connectivity index (χ4n) is 5.68. The van der Waals surface area contributed by atoms with Crippen molar-refractivity contribution >= 4 is 22.9 Å². The molecule has 190 valence electrons. The summed E-state index contributed by atoms with van der Waals surface area (Å²) in [7, 11) is 4.16. The molecule has 0 unspecified atom stereocenters. The van der Waals surface area contributed by atoms with E-state index in [4.69, 9.17) is 5.73 Å². The number of nitrogens with zero attached hydrogens (tertiary/aromatic N) is 3. The summed E-state index contributed by atoms with van der Waals surface area (Å²) in [5, 5.41) is 7.85. The van der Waals surface area contributed by atoms with Crippen molar-refractivity contribution in [3.05, 3.63) is 66.9 Å². The van der Waals surface area contributed by atoms with Crippen molar-refractivity contribution < 1.29 is 0 Å². The van der Waals surface area contributed by atoms with Crippen LogP contribution in [0.2, 0.25) is 0 Å². The van der Waals surface area contributed by atoms with E-state index in [1.54, 1.807) is 0 Å². The van der Waals surface area contributed by atoms with Crippen molar-refractivity contribution in [1.82, 2.24) is 10.3 Å². The molecule has 1 saturated carbocycles. The number of benzene rings is 2. The Morgan fingerprint density at radius 3 is 2.47 bits per heavy atom. The van der Waals surface area contributed by atoms with E-state index < -0.39 is 0 Å². The lowest BCUT2D eigenvalue weighted by molar-refractivity contribution is 0.293. The number of aromatic nitrogens is 1. The van der Waals surface area contributed by atoms with Crippen molar-refractivity contribution in [2.45, 2.75) is 56.7 Å². The third-order valence-electron chi connectivity index (χ3n) is 7.68. The number of piperidine rings is 1. The Kier molecular flexibility index (Phi) is 7.61. The second kappa shape index (κ2) is 11.2. The van der Waals surface area contributed by atoms with Crippen LogP contribution in [0, 0.1) is 0 Å². The van der Waals surface area contributed by atoms with Crippen LogP contribution in [0.4, 0.5) is 22.9 Å². The molecule has 36 heavy (non-hydrogen) atoms. The fraction of sp³-hybridized carbons (Fsp3) is 0.433. The van der Waals surface area contributed by atoms with Crippen molar-refractivity contribution in [2.24, 2.45) is 0 Å². The molecular weight excluding hydrogens is 444 g/mol. The van der Waals surface area contributed by atoms with Gasteiger partial charge in [0.15, 0.2) is 0 Å². The Labute approximate surface area is 215 Å². The van der Waals surface area contributed by atoms with Crippen molar-refractivity contribution in [3.63, 3.8) is 0 Å². The van der Waals surface area contributed by atoms with Gasteiger partial charge in [-0.2, -0.15) is 0 Å². The van der Waals surface area contributed by atoms with E-state index >= 15 is 0 Å². The molecule has 6 nitrogen and oxygen atoms in total. The molecule has 6 heteroatoms. The zero-order chi connectivity index (χ0) is 24.9. The summed E-state index contributed by atoms with van der Waals surface area (Å²) >= 11 is 0. The van der Waals surface area contributed by atoms with Crippen LogP contribution in [0.15, 0.2) is 66.9 Å². The van der Waals surface area contributed by atoms with E-state index in [2.05, 4.69) is 88.0 Å². The van der Waals surface area contributed by atoms with E-state index in [1.807, 2.05) is 18.3 Å². The van der Waals surface area contributed by atoms with Crippen LogP contribution in [-0.4, -0.2) is 50.3 Å². The lowest BCUT2D eigenvalue weighted by Gasteiger charge is -2.40. The summed E-state index contributed by atoms with van der Waals surface area (Å²) in [4.78, 5) is 9.33. The molecule has 0 radical (unpaired) electrons. The standard InChI is InChI=1S/C30H40N6/c1-35(2)27-9-5-7-22(19-27)23-16-17-32-30(20-23)34-29-11-4-3-10-28(29)33-25-8-6-18-36(21-25)26-14-12-24(31)13-15-26/h5,7,9,12-17,19-20,25,28-29,33H,3-4,6,8,10-11,18,21,31H2,1-2H3,(H,32,34)/t25-,28+,29+/m0/s1. The molecule has 1 aromatic heterocycles. The second-order valence-electron chi connectivity index (χ2n) is 10.6. The van der Waals surface area contributed by atoms with E-state index in [9.17, 15) is 0 Å². The molecule has 3 atom stereocenters. The van der Waals surface area contributed by atoms with Gasteiger partial charge in [0.25, 0.3) is 0 Å². The number of rotatable bonds is 7. The van der Waals surface area contributed by atoms with Gasteiger partial charge < -0.3 is 26.2 Å². The molecule has 0 spiro atoms.